The molecule has 0 saturated heterocycles. The molecule has 9 heteroatoms. The third-order valence-electron chi connectivity index (χ3n) is 2.50. The Hall–Kier alpha value is -2.58. The summed E-state index contributed by atoms with van der Waals surface area (Å²) in [6.45, 7) is 4.07. The van der Waals surface area contributed by atoms with Crippen molar-refractivity contribution in [3.63, 3.8) is 0 Å². The maximum absolute atomic E-state index is 11.5. The number of rotatable bonds is 7. The zero-order chi connectivity index (χ0) is 15.8. The summed E-state index contributed by atoms with van der Waals surface area (Å²) in [5, 5.41) is 13.7. The number of aromatic nitrogens is 2. The smallest absolute Gasteiger partial charge is 0.356 e. The summed E-state index contributed by atoms with van der Waals surface area (Å²) in [7, 11) is 0. The Bertz CT molecular complexity index is 514. The lowest BCUT2D eigenvalue weighted by atomic mass is 10.3. The van der Waals surface area contributed by atoms with Crippen LogP contribution in [0.5, 0.6) is 0 Å². The van der Waals surface area contributed by atoms with Crippen LogP contribution in [0.1, 0.15) is 24.3 Å². The van der Waals surface area contributed by atoms with Crippen LogP contribution in [-0.4, -0.2) is 51.8 Å². The molecule has 1 aromatic heterocycles. The number of hydrogen-bond donors (Lipinski definition) is 3. The predicted molar refractivity (Wildman–Crippen MR) is 71.8 cm³/mol. The zero-order valence-electron chi connectivity index (χ0n) is 11.8. The average Bonchev–Trinajstić information content (AvgIpc) is 2.88. The molecule has 2 amide bonds. The first-order valence-corrected chi connectivity index (χ1v) is 6.40. The lowest BCUT2D eigenvalue weighted by Gasteiger charge is -2.13. The summed E-state index contributed by atoms with van der Waals surface area (Å²) >= 11 is 0. The van der Waals surface area contributed by atoms with Gasteiger partial charge in [-0.1, -0.05) is 0 Å². The van der Waals surface area contributed by atoms with E-state index in [1.165, 1.54) is 19.4 Å². The van der Waals surface area contributed by atoms with Gasteiger partial charge in [0.15, 0.2) is 5.69 Å². The molecule has 0 fully saturated rings. The molecule has 9 nitrogen and oxygen atoms in total. The maximum Gasteiger partial charge on any atom is 0.356 e. The van der Waals surface area contributed by atoms with Crippen molar-refractivity contribution in [1.29, 1.82) is 0 Å². The predicted octanol–water partition coefficient (Wildman–Crippen LogP) is -0.168. The molecule has 0 spiro atoms. The lowest BCUT2D eigenvalue weighted by molar-refractivity contribution is -0.144. The van der Waals surface area contributed by atoms with Gasteiger partial charge < -0.3 is 25.0 Å². The average molecular weight is 298 g/mol. The van der Waals surface area contributed by atoms with E-state index in [0.29, 0.717) is 6.54 Å². The number of aromatic carboxylic acids is 1. The van der Waals surface area contributed by atoms with Crippen LogP contribution in [0.2, 0.25) is 0 Å². The van der Waals surface area contributed by atoms with Crippen LogP contribution < -0.4 is 10.6 Å². The second-order valence-corrected chi connectivity index (χ2v) is 4.18. The first-order valence-electron chi connectivity index (χ1n) is 6.40. The minimum Gasteiger partial charge on any atom is -0.476 e. The molecule has 0 bridgehead atoms. The van der Waals surface area contributed by atoms with Crippen LogP contribution in [-0.2, 0) is 16.1 Å². The zero-order valence-corrected chi connectivity index (χ0v) is 11.8. The van der Waals surface area contributed by atoms with Gasteiger partial charge in [0.1, 0.15) is 6.04 Å². The van der Waals surface area contributed by atoms with Crippen molar-refractivity contribution < 1.29 is 24.2 Å². The highest BCUT2D eigenvalue weighted by Gasteiger charge is 2.15. The highest BCUT2D eigenvalue weighted by atomic mass is 16.5. The molecular formula is C12H18N4O5. The highest BCUT2D eigenvalue weighted by molar-refractivity contribution is 5.85. The van der Waals surface area contributed by atoms with Gasteiger partial charge >= 0.3 is 18.0 Å². The van der Waals surface area contributed by atoms with Crippen molar-refractivity contribution in [1.82, 2.24) is 20.2 Å². The van der Waals surface area contributed by atoms with E-state index in [0.717, 1.165) is 0 Å². The number of carbonyl (C=O) groups excluding carboxylic acids is 2. The number of nitrogens with one attached hydrogen (secondary N) is 2. The Balaban J connectivity index is 2.29. The van der Waals surface area contributed by atoms with Gasteiger partial charge in [-0.25, -0.2) is 19.4 Å². The van der Waals surface area contributed by atoms with Crippen molar-refractivity contribution in [3.8, 4) is 0 Å². The normalized spacial score (nSPS) is 11.5. The van der Waals surface area contributed by atoms with E-state index in [1.54, 1.807) is 11.5 Å². The quantitative estimate of drug-likeness (QED) is 0.601. The van der Waals surface area contributed by atoms with Crippen molar-refractivity contribution in [2.75, 3.05) is 13.2 Å². The molecule has 116 valence electrons. The molecular weight excluding hydrogens is 280 g/mol. The van der Waals surface area contributed by atoms with Crippen LogP contribution in [0, 0.1) is 0 Å². The first-order chi connectivity index (χ1) is 9.93. The Morgan fingerprint density at radius 3 is 2.76 bits per heavy atom. The Labute approximate surface area is 121 Å². The van der Waals surface area contributed by atoms with Crippen molar-refractivity contribution >= 4 is 18.0 Å². The molecule has 0 aliphatic carbocycles. The minimum absolute atomic E-state index is 0.0598. The summed E-state index contributed by atoms with van der Waals surface area (Å²) in [6.07, 6.45) is 2.73. The van der Waals surface area contributed by atoms with Gasteiger partial charge in [0.25, 0.3) is 0 Å². The fraction of sp³-hybridized carbons (Fsp3) is 0.500. The number of carbonyl (C=O) groups is 3. The highest BCUT2D eigenvalue weighted by Crippen LogP contribution is 1.95. The second-order valence-electron chi connectivity index (χ2n) is 4.18. The van der Waals surface area contributed by atoms with E-state index in [9.17, 15) is 14.4 Å². The second kappa shape index (κ2) is 7.88. The van der Waals surface area contributed by atoms with E-state index < -0.39 is 24.0 Å². The number of ether oxygens (including phenoxy) is 1. The summed E-state index contributed by atoms with van der Waals surface area (Å²) in [5.74, 6) is -1.61. The van der Waals surface area contributed by atoms with Crippen molar-refractivity contribution in [2.45, 2.75) is 26.4 Å². The number of urea groups is 1. The van der Waals surface area contributed by atoms with Crippen molar-refractivity contribution in [2.24, 2.45) is 0 Å². The number of nitrogens with zero attached hydrogens (tertiary/aromatic N) is 2. The van der Waals surface area contributed by atoms with Gasteiger partial charge in [-0.15, -0.1) is 0 Å². The van der Waals surface area contributed by atoms with Gasteiger partial charge in [0.2, 0.25) is 0 Å². The van der Waals surface area contributed by atoms with Crippen molar-refractivity contribution in [3.05, 3.63) is 18.2 Å². The lowest BCUT2D eigenvalue weighted by Crippen LogP contribution is -2.45. The molecule has 1 unspecified atom stereocenters. The van der Waals surface area contributed by atoms with Crippen LogP contribution in [0.4, 0.5) is 4.79 Å². The standard InChI is InChI=1S/C12H18N4O5/c1-3-21-11(19)8(2)15-12(20)13-4-5-16-6-9(10(17)18)14-7-16/h6-8H,3-5H2,1-2H3,(H,17,18)(H2,13,15,20). The van der Waals surface area contributed by atoms with Crippen LogP contribution >= 0.6 is 0 Å². The van der Waals surface area contributed by atoms with Gasteiger partial charge in [-0.05, 0) is 13.8 Å². The summed E-state index contributed by atoms with van der Waals surface area (Å²) in [5.41, 5.74) is -0.0598. The van der Waals surface area contributed by atoms with Gasteiger partial charge in [0, 0.05) is 19.3 Å². The van der Waals surface area contributed by atoms with E-state index in [4.69, 9.17) is 9.84 Å². The molecule has 0 aromatic carbocycles. The third-order valence-corrected chi connectivity index (χ3v) is 2.50. The minimum atomic E-state index is -1.11. The number of hydrogen-bond acceptors (Lipinski definition) is 5. The first kappa shape index (κ1) is 16.5. The summed E-state index contributed by atoms with van der Waals surface area (Å²) in [4.78, 5) is 37.1. The number of esters is 1. The molecule has 1 heterocycles. The largest absolute Gasteiger partial charge is 0.476 e. The SMILES string of the molecule is CCOC(=O)C(C)NC(=O)NCCn1cnc(C(=O)O)c1. The number of imidazole rings is 1. The van der Waals surface area contributed by atoms with E-state index in [-0.39, 0.29) is 18.8 Å². The fourth-order valence-electron chi connectivity index (χ4n) is 1.47. The Kier molecular flexibility index (Phi) is 6.18. The topological polar surface area (TPSA) is 123 Å². The van der Waals surface area contributed by atoms with E-state index >= 15 is 0 Å². The molecule has 0 saturated carbocycles. The summed E-state index contributed by atoms with van der Waals surface area (Å²) < 4.78 is 6.29. The monoisotopic (exact) mass is 298 g/mol. The van der Waals surface area contributed by atoms with Crippen LogP contribution in [0.15, 0.2) is 12.5 Å². The maximum atomic E-state index is 11.5. The Morgan fingerprint density at radius 2 is 2.19 bits per heavy atom. The number of carboxylic acids is 1. The molecule has 0 aliphatic rings. The van der Waals surface area contributed by atoms with Crippen LogP contribution in [0.3, 0.4) is 0 Å². The molecule has 0 radical (unpaired) electrons. The molecule has 0 aliphatic heterocycles. The summed E-state index contributed by atoms with van der Waals surface area (Å²) in [6, 6.07) is -1.24. The molecule has 1 aromatic rings. The molecule has 1 atom stereocenters. The van der Waals surface area contributed by atoms with Gasteiger partial charge in [-0.3, -0.25) is 0 Å². The number of amides is 2. The van der Waals surface area contributed by atoms with Gasteiger partial charge in [0.05, 0.1) is 12.9 Å². The van der Waals surface area contributed by atoms with E-state index in [2.05, 4.69) is 15.6 Å². The molecule has 3 N–H and O–H groups in total. The molecule has 21 heavy (non-hydrogen) atoms. The fourth-order valence-corrected chi connectivity index (χ4v) is 1.47. The van der Waals surface area contributed by atoms with Crippen LogP contribution in [0.25, 0.3) is 0 Å². The Morgan fingerprint density at radius 1 is 1.48 bits per heavy atom. The number of carboxylic acid groups (broad SMARTS) is 1. The van der Waals surface area contributed by atoms with Gasteiger partial charge in [-0.2, -0.15) is 0 Å². The molecule has 1 rings (SSSR count). The van der Waals surface area contributed by atoms with E-state index in [1.807, 2.05) is 0 Å². The third kappa shape index (κ3) is 5.51.